The summed E-state index contributed by atoms with van der Waals surface area (Å²) in [6.07, 6.45) is 1.37. The Bertz CT molecular complexity index is 591. The minimum atomic E-state index is -3.42. The minimum absolute atomic E-state index is 0.221. The van der Waals surface area contributed by atoms with Crippen molar-refractivity contribution in [2.24, 2.45) is 0 Å². The fourth-order valence-corrected chi connectivity index (χ4v) is 5.24. The lowest BCUT2D eigenvalue weighted by atomic mass is 10.2. The first kappa shape index (κ1) is 13.1. The maximum atomic E-state index is 12.7. The van der Waals surface area contributed by atoms with Crippen LogP contribution in [0.25, 0.3) is 0 Å². The summed E-state index contributed by atoms with van der Waals surface area (Å²) in [4.78, 5) is 12.9. The van der Waals surface area contributed by atoms with Gasteiger partial charge in [0.15, 0.2) is 0 Å². The maximum Gasteiger partial charge on any atom is 0.243 e. The molecule has 1 unspecified atom stereocenters. The Morgan fingerprint density at radius 3 is 2.79 bits per heavy atom. The third-order valence-electron chi connectivity index (χ3n) is 3.87. The lowest BCUT2D eigenvalue weighted by Crippen LogP contribution is -2.54. The molecule has 0 radical (unpaired) electrons. The molecule has 104 valence electrons. The van der Waals surface area contributed by atoms with Crippen LogP contribution < -0.4 is 5.32 Å². The average molecular weight is 300 g/mol. The molecule has 1 atom stereocenters. The van der Waals surface area contributed by atoms with Gasteiger partial charge in [-0.1, -0.05) is 6.07 Å². The number of thiophene rings is 1. The number of hydrogen-bond donors (Lipinski definition) is 1. The Kier molecular flexibility index (Phi) is 2.95. The van der Waals surface area contributed by atoms with E-state index in [2.05, 4.69) is 5.32 Å². The van der Waals surface area contributed by atoms with Crippen molar-refractivity contribution in [3.63, 3.8) is 0 Å². The molecular formula is C12H16N2O3S2. The van der Waals surface area contributed by atoms with E-state index in [1.54, 1.807) is 6.92 Å². The normalized spacial score (nSPS) is 27.0. The van der Waals surface area contributed by atoms with Crippen LogP contribution in [0.1, 0.15) is 30.7 Å². The number of nitrogens with one attached hydrogen (secondary N) is 1. The monoisotopic (exact) mass is 300 g/mol. The van der Waals surface area contributed by atoms with Crippen molar-refractivity contribution in [1.29, 1.82) is 0 Å². The van der Waals surface area contributed by atoms with Gasteiger partial charge in [0.1, 0.15) is 6.04 Å². The number of sulfonamides is 1. The predicted octanol–water partition coefficient (Wildman–Crippen LogP) is 1.10. The van der Waals surface area contributed by atoms with Gasteiger partial charge >= 0.3 is 0 Å². The molecule has 5 nitrogen and oxygen atoms in total. The smallest absolute Gasteiger partial charge is 0.243 e. The summed E-state index contributed by atoms with van der Waals surface area (Å²) >= 11 is 1.42. The number of amides is 1. The SMILES string of the molecule is CC1(S(=O)(=O)N2CCNC(=O)C2c2cccs2)CC1. The van der Waals surface area contributed by atoms with Crippen LogP contribution in [0.3, 0.4) is 0 Å². The van der Waals surface area contributed by atoms with Crippen molar-refractivity contribution in [2.45, 2.75) is 30.6 Å². The highest BCUT2D eigenvalue weighted by atomic mass is 32.2. The van der Waals surface area contributed by atoms with Crippen molar-refractivity contribution in [3.8, 4) is 0 Å². The Labute approximate surface area is 116 Å². The van der Waals surface area contributed by atoms with Gasteiger partial charge in [-0.2, -0.15) is 4.31 Å². The van der Waals surface area contributed by atoms with Gasteiger partial charge < -0.3 is 5.32 Å². The molecule has 1 aromatic heterocycles. The van der Waals surface area contributed by atoms with Crippen LogP contribution in [-0.4, -0.2) is 36.5 Å². The Hall–Kier alpha value is -0.920. The standard InChI is InChI=1S/C12H16N2O3S2/c1-12(4-5-12)19(16,17)14-7-6-13-11(15)10(14)9-3-2-8-18-9/h2-3,8,10H,4-7H2,1H3,(H,13,15). The van der Waals surface area contributed by atoms with Gasteiger partial charge in [-0.15, -0.1) is 11.3 Å². The highest BCUT2D eigenvalue weighted by molar-refractivity contribution is 7.90. The summed E-state index contributed by atoms with van der Waals surface area (Å²) < 4.78 is 26.1. The molecule has 0 bridgehead atoms. The van der Waals surface area contributed by atoms with Crippen molar-refractivity contribution in [2.75, 3.05) is 13.1 Å². The number of piperazine rings is 1. The topological polar surface area (TPSA) is 66.5 Å². The van der Waals surface area contributed by atoms with Crippen molar-refractivity contribution in [3.05, 3.63) is 22.4 Å². The van der Waals surface area contributed by atoms with Crippen molar-refractivity contribution in [1.82, 2.24) is 9.62 Å². The summed E-state index contributed by atoms with van der Waals surface area (Å²) in [6.45, 7) is 2.50. The van der Waals surface area contributed by atoms with E-state index in [1.807, 2.05) is 17.5 Å². The average Bonchev–Trinajstić information content (AvgIpc) is 2.93. The molecule has 2 heterocycles. The second-order valence-corrected chi connectivity index (χ2v) is 8.66. The summed E-state index contributed by atoms with van der Waals surface area (Å²) in [5.41, 5.74) is 0. The fourth-order valence-electron chi connectivity index (χ4n) is 2.34. The third kappa shape index (κ3) is 2.00. The molecule has 2 fully saturated rings. The lowest BCUT2D eigenvalue weighted by Gasteiger charge is -2.35. The molecule has 0 spiro atoms. The van der Waals surface area contributed by atoms with Gasteiger partial charge in [0.25, 0.3) is 0 Å². The van der Waals surface area contributed by atoms with Crippen molar-refractivity contribution >= 4 is 27.3 Å². The zero-order chi connectivity index (χ0) is 13.7. The molecule has 19 heavy (non-hydrogen) atoms. The van der Waals surface area contributed by atoms with Gasteiger partial charge in [-0.3, -0.25) is 4.79 Å². The van der Waals surface area contributed by atoms with Crippen molar-refractivity contribution < 1.29 is 13.2 Å². The fraction of sp³-hybridized carbons (Fsp3) is 0.583. The molecule has 2 aliphatic rings. The van der Waals surface area contributed by atoms with Crippen LogP contribution in [-0.2, 0) is 14.8 Å². The first-order valence-corrected chi connectivity index (χ1v) is 8.60. The van der Waals surface area contributed by atoms with E-state index in [0.29, 0.717) is 25.9 Å². The van der Waals surface area contributed by atoms with Gasteiger partial charge in [0, 0.05) is 18.0 Å². The Balaban J connectivity index is 2.01. The number of hydrogen-bond acceptors (Lipinski definition) is 4. The number of rotatable bonds is 3. The number of carbonyl (C=O) groups excluding carboxylic acids is 1. The first-order chi connectivity index (χ1) is 8.96. The summed E-state index contributed by atoms with van der Waals surface area (Å²) in [7, 11) is -3.42. The molecule has 1 aromatic rings. The van der Waals surface area contributed by atoms with Gasteiger partial charge in [-0.05, 0) is 31.2 Å². The molecule has 0 aromatic carbocycles. The highest BCUT2D eigenvalue weighted by Crippen LogP contribution is 2.47. The Morgan fingerprint density at radius 1 is 1.47 bits per heavy atom. The molecule has 1 N–H and O–H groups in total. The van der Waals surface area contributed by atoms with E-state index >= 15 is 0 Å². The second-order valence-electron chi connectivity index (χ2n) is 5.27. The van der Waals surface area contributed by atoms with E-state index in [9.17, 15) is 13.2 Å². The van der Waals surface area contributed by atoms with E-state index in [4.69, 9.17) is 0 Å². The predicted molar refractivity (Wildman–Crippen MR) is 73.3 cm³/mol. The van der Waals surface area contributed by atoms with E-state index in [1.165, 1.54) is 15.6 Å². The zero-order valence-corrected chi connectivity index (χ0v) is 12.3. The lowest BCUT2D eigenvalue weighted by molar-refractivity contribution is -0.126. The van der Waals surface area contributed by atoms with Gasteiger partial charge in [-0.25, -0.2) is 8.42 Å². The molecule has 1 aliphatic heterocycles. The molecule has 1 saturated heterocycles. The van der Waals surface area contributed by atoms with Gasteiger partial charge in [0.2, 0.25) is 15.9 Å². The van der Waals surface area contributed by atoms with Crippen LogP contribution in [0.2, 0.25) is 0 Å². The molecule has 1 amide bonds. The van der Waals surface area contributed by atoms with Crippen LogP contribution in [0.5, 0.6) is 0 Å². The highest BCUT2D eigenvalue weighted by Gasteiger charge is 2.55. The van der Waals surface area contributed by atoms with Crippen LogP contribution in [0, 0.1) is 0 Å². The zero-order valence-electron chi connectivity index (χ0n) is 10.6. The van der Waals surface area contributed by atoms with E-state index < -0.39 is 20.8 Å². The summed E-state index contributed by atoms with van der Waals surface area (Å²) in [5.74, 6) is -0.221. The molecule has 1 saturated carbocycles. The summed E-state index contributed by atoms with van der Waals surface area (Å²) in [6, 6.07) is 2.96. The third-order valence-corrected chi connectivity index (χ3v) is 7.46. The molecule has 7 heteroatoms. The van der Waals surface area contributed by atoms with Gasteiger partial charge in [0.05, 0.1) is 4.75 Å². The minimum Gasteiger partial charge on any atom is -0.353 e. The Morgan fingerprint density at radius 2 is 2.21 bits per heavy atom. The second kappa shape index (κ2) is 4.29. The summed E-state index contributed by atoms with van der Waals surface area (Å²) in [5, 5.41) is 4.62. The van der Waals surface area contributed by atoms with E-state index in [0.717, 1.165) is 4.88 Å². The molecular weight excluding hydrogens is 284 g/mol. The largest absolute Gasteiger partial charge is 0.353 e. The van der Waals surface area contributed by atoms with Crippen LogP contribution >= 0.6 is 11.3 Å². The molecule has 1 aliphatic carbocycles. The van der Waals surface area contributed by atoms with Crippen LogP contribution in [0.15, 0.2) is 17.5 Å². The maximum absolute atomic E-state index is 12.7. The molecule has 3 rings (SSSR count). The first-order valence-electron chi connectivity index (χ1n) is 6.28. The van der Waals surface area contributed by atoms with Crippen LogP contribution in [0.4, 0.5) is 0 Å². The quantitative estimate of drug-likeness (QED) is 0.909. The number of nitrogens with zero attached hydrogens (tertiary/aromatic N) is 1. The van der Waals surface area contributed by atoms with E-state index in [-0.39, 0.29) is 5.91 Å². The number of carbonyl (C=O) groups is 1.